The highest BCUT2D eigenvalue weighted by Gasteiger charge is 2.27. The molecule has 0 aliphatic carbocycles. The molecule has 1 aromatic carbocycles. The molecule has 0 aromatic heterocycles. The van der Waals surface area contributed by atoms with Crippen LogP contribution in [0.25, 0.3) is 0 Å². The first-order valence-corrected chi connectivity index (χ1v) is 9.96. The number of anilines is 1. The average molecular weight is 383 g/mol. The van der Waals surface area contributed by atoms with Gasteiger partial charge in [0.1, 0.15) is 0 Å². The third kappa shape index (κ3) is 6.27. The molecule has 2 nitrogen and oxygen atoms in total. The molecule has 3 heteroatoms. The molecule has 0 spiro atoms. The highest BCUT2D eigenvalue weighted by molar-refractivity contribution is 6.31. The van der Waals surface area contributed by atoms with Crippen molar-refractivity contribution < 1.29 is 0 Å². The van der Waals surface area contributed by atoms with E-state index in [2.05, 4.69) is 72.5 Å². The Morgan fingerprint density at radius 2 is 1.89 bits per heavy atom. The second kappa shape index (κ2) is 11.0. The second-order valence-corrected chi connectivity index (χ2v) is 7.34. The number of likely N-dealkylation sites (N-methyl/N-ethyl adjacent to an activating group) is 1. The van der Waals surface area contributed by atoms with Crippen LogP contribution in [-0.2, 0) is 0 Å². The molecule has 1 fully saturated rings. The molecule has 1 heterocycles. The predicted molar refractivity (Wildman–Crippen MR) is 120 cm³/mol. The number of likely N-dealkylation sites (tertiary alicyclic amines) is 1. The Labute approximate surface area is 169 Å². The highest BCUT2D eigenvalue weighted by Crippen LogP contribution is 2.29. The second-order valence-electron chi connectivity index (χ2n) is 6.93. The Bertz CT molecular complexity index is 715. The lowest BCUT2D eigenvalue weighted by atomic mass is 10.1. The minimum Gasteiger partial charge on any atom is -0.320 e. The molecule has 1 aliphatic heterocycles. The molecule has 0 N–H and O–H groups in total. The Morgan fingerprint density at radius 1 is 1.22 bits per heavy atom. The van der Waals surface area contributed by atoms with Gasteiger partial charge in [-0.1, -0.05) is 67.3 Å². The predicted octanol–water partition coefficient (Wildman–Crippen LogP) is 6.65. The van der Waals surface area contributed by atoms with Gasteiger partial charge in [0.15, 0.2) is 0 Å². The Morgan fingerprint density at radius 3 is 2.44 bits per heavy atom. The molecule has 0 radical (unpaired) electrons. The number of para-hydroxylation sites is 1. The first-order chi connectivity index (χ1) is 13.0. The van der Waals surface area contributed by atoms with E-state index in [-0.39, 0.29) is 0 Å². The van der Waals surface area contributed by atoms with Crippen LogP contribution in [-0.4, -0.2) is 24.5 Å². The minimum atomic E-state index is 0.425. The van der Waals surface area contributed by atoms with Crippen LogP contribution in [0.2, 0.25) is 0 Å². The summed E-state index contributed by atoms with van der Waals surface area (Å²) >= 11 is 6.10. The fraction of sp³-hybridized carbons (Fsp3) is 0.333. The van der Waals surface area contributed by atoms with E-state index in [9.17, 15) is 0 Å². The third-order valence-corrected chi connectivity index (χ3v) is 5.30. The molecule has 2 rings (SSSR count). The van der Waals surface area contributed by atoms with E-state index in [0.717, 1.165) is 35.7 Å². The molecule has 0 saturated carbocycles. The molecule has 1 aliphatic rings. The highest BCUT2D eigenvalue weighted by atomic mass is 35.5. The van der Waals surface area contributed by atoms with Crippen LogP contribution in [0.5, 0.6) is 0 Å². The summed E-state index contributed by atoms with van der Waals surface area (Å²) in [5.41, 5.74) is 3.36. The first kappa shape index (κ1) is 21.3. The topological polar surface area (TPSA) is 6.48 Å². The number of halogens is 1. The van der Waals surface area contributed by atoms with Crippen LogP contribution < -0.4 is 4.90 Å². The molecular formula is C24H31ClN2. The van der Waals surface area contributed by atoms with E-state index < -0.39 is 0 Å². The van der Waals surface area contributed by atoms with Crippen LogP contribution >= 0.6 is 11.6 Å². The van der Waals surface area contributed by atoms with Crippen molar-refractivity contribution >= 4 is 17.3 Å². The maximum Gasteiger partial charge on any atom is 0.0498 e. The van der Waals surface area contributed by atoms with Crippen LogP contribution in [0.4, 0.5) is 5.69 Å². The SMILES string of the molecule is C=CN(/C(=C\C/C=C\C/C=C(/Cl)C(=C)C)C1CCCN1C)c1ccccc1. The first-order valence-electron chi connectivity index (χ1n) is 9.58. The number of hydrogen-bond acceptors (Lipinski definition) is 2. The normalized spacial score (nSPS) is 18.9. The zero-order chi connectivity index (χ0) is 19.6. The summed E-state index contributed by atoms with van der Waals surface area (Å²) in [5.74, 6) is 0. The molecule has 0 amide bonds. The zero-order valence-electron chi connectivity index (χ0n) is 16.6. The summed E-state index contributed by atoms with van der Waals surface area (Å²) in [4.78, 5) is 4.66. The van der Waals surface area contributed by atoms with Gasteiger partial charge in [-0.25, -0.2) is 0 Å². The number of rotatable bonds is 9. The van der Waals surface area contributed by atoms with Gasteiger partial charge < -0.3 is 4.90 Å². The Kier molecular flexibility index (Phi) is 8.63. The van der Waals surface area contributed by atoms with E-state index in [1.165, 1.54) is 18.5 Å². The van der Waals surface area contributed by atoms with Gasteiger partial charge in [0.05, 0.1) is 0 Å². The van der Waals surface area contributed by atoms with Gasteiger partial charge in [0.25, 0.3) is 0 Å². The van der Waals surface area contributed by atoms with E-state index in [4.69, 9.17) is 11.6 Å². The van der Waals surface area contributed by atoms with Crippen molar-refractivity contribution in [2.45, 2.75) is 38.6 Å². The lowest BCUT2D eigenvalue weighted by Crippen LogP contribution is -2.34. The van der Waals surface area contributed by atoms with Crippen molar-refractivity contribution in [2.24, 2.45) is 0 Å². The maximum atomic E-state index is 6.10. The van der Waals surface area contributed by atoms with E-state index in [1.807, 2.05) is 25.3 Å². The van der Waals surface area contributed by atoms with Crippen molar-refractivity contribution in [1.29, 1.82) is 0 Å². The zero-order valence-corrected chi connectivity index (χ0v) is 17.3. The summed E-state index contributed by atoms with van der Waals surface area (Å²) in [6.45, 7) is 11.0. The van der Waals surface area contributed by atoms with Gasteiger partial charge in [0.2, 0.25) is 0 Å². The van der Waals surface area contributed by atoms with Crippen LogP contribution in [0.15, 0.2) is 90.3 Å². The summed E-state index contributed by atoms with van der Waals surface area (Å²) in [6, 6.07) is 10.9. The summed E-state index contributed by atoms with van der Waals surface area (Å²) < 4.78 is 0. The smallest absolute Gasteiger partial charge is 0.0498 e. The number of hydrogen-bond donors (Lipinski definition) is 0. The quantitative estimate of drug-likeness (QED) is 0.348. The van der Waals surface area contributed by atoms with Crippen molar-refractivity contribution in [3.8, 4) is 0 Å². The largest absolute Gasteiger partial charge is 0.320 e. The fourth-order valence-corrected chi connectivity index (χ4v) is 3.44. The molecule has 144 valence electrons. The van der Waals surface area contributed by atoms with Gasteiger partial charge in [-0.05, 0) is 63.9 Å². The summed E-state index contributed by atoms with van der Waals surface area (Å²) in [7, 11) is 2.21. The molecule has 0 bridgehead atoms. The van der Waals surface area contributed by atoms with Gasteiger partial charge in [-0.3, -0.25) is 4.90 Å². The monoisotopic (exact) mass is 382 g/mol. The molecule has 1 unspecified atom stereocenters. The lowest BCUT2D eigenvalue weighted by molar-refractivity contribution is 0.342. The summed E-state index contributed by atoms with van der Waals surface area (Å²) in [5, 5.41) is 0.741. The average Bonchev–Trinajstić information content (AvgIpc) is 3.09. The van der Waals surface area contributed by atoms with Crippen molar-refractivity contribution in [2.75, 3.05) is 18.5 Å². The van der Waals surface area contributed by atoms with Gasteiger partial charge in [-0.15, -0.1) is 0 Å². The fourth-order valence-electron chi connectivity index (χ4n) is 3.35. The van der Waals surface area contributed by atoms with Gasteiger partial charge in [0, 0.05) is 28.7 Å². The van der Waals surface area contributed by atoms with E-state index in [1.54, 1.807) is 0 Å². The number of allylic oxidation sites excluding steroid dienone is 6. The lowest BCUT2D eigenvalue weighted by Gasteiger charge is -2.31. The van der Waals surface area contributed by atoms with Crippen molar-refractivity contribution in [1.82, 2.24) is 4.90 Å². The molecule has 1 aromatic rings. The molecule has 27 heavy (non-hydrogen) atoms. The number of benzene rings is 1. The Hall–Kier alpha value is -2.03. The van der Waals surface area contributed by atoms with Crippen molar-refractivity contribution in [3.63, 3.8) is 0 Å². The van der Waals surface area contributed by atoms with E-state index in [0.29, 0.717) is 6.04 Å². The Balaban J connectivity index is 2.15. The molecule has 1 saturated heterocycles. The molecular weight excluding hydrogens is 352 g/mol. The summed E-state index contributed by atoms with van der Waals surface area (Å²) in [6.07, 6.45) is 14.7. The van der Waals surface area contributed by atoms with E-state index >= 15 is 0 Å². The van der Waals surface area contributed by atoms with Crippen LogP contribution in [0, 0.1) is 0 Å². The van der Waals surface area contributed by atoms with Crippen LogP contribution in [0.1, 0.15) is 32.6 Å². The molecule has 1 atom stereocenters. The third-order valence-electron chi connectivity index (χ3n) is 4.83. The minimum absolute atomic E-state index is 0.425. The van der Waals surface area contributed by atoms with Crippen molar-refractivity contribution in [3.05, 3.63) is 90.3 Å². The van der Waals surface area contributed by atoms with Crippen LogP contribution in [0.3, 0.4) is 0 Å². The van der Waals surface area contributed by atoms with Gasteiger partial charge in [-0.2, -0.15) is 0 Å². The maximum absolute atomic E-state index is 6.10. The number of nitrogens with zero attached hydrogens (tertiary/aromatic N) is 2. The standard InChI is InChI=1S/C24H31ClN2/c1-5-27(21-14-9-8-10-15-21)24(23-18-13-19-26(23)4)17-12-7-6-11-16-22(25)20(2)3/h5-10,14-17,23H,1-2,11-13,18-19H2,3-4H3/b7-6-,22-16+,24-17-. The van der Waals surface area contributed by atoms with Gasteiger partial charge >= 0.3 is 0 Å².